The van der Waals surface area contributed by atoms with E-state index in [0.29, 0.717) is 7.25 Å². The molecular weight excluding hydrogens is 474 g/mol. The van der Waals surface area contributed by atoms with E-state index < -0.39 is 21.3 Å². The summed E-state index contributed by atoms with van der Waals surface area (Å²) in [6.45, 7) is 7.18. The molecule has 0 bridgehead atoms. The maximum atomic E-state index is 2.44. The third-order valence-corrected chi connectivity index (χ3v) is 15.5. The Hall–Kier alpha value is -1.27. The van der Waals surface area contributed by atoms with Crippen LogP contribution < -0.4 is 0 Å². The molecule has 2 aliphatic carbocycles. The molecular formula is C26H26Cl2Zr. The van der Waals surface area contributed by atoms with Crippen molar-refractivity contribution in [1.29, 1.82) is 0 Å². The van der Waals surface area contributed by atoms with Crippen LogP contribution in [0.1, 0.15) is 50.3 Å². The first-order chi connectivity index (χ1) is 13.2. The molecule has 0 spiro atoms. The molecule has 0 fully saturated rings. The first kappa shape index (κ1) is 22.4. The van der Waals surface area contributed by atoms with Gasteiger partial charge in [0.15, 0.2) is 0 Å². The number of halogens is 2. The van der Waals surface area contributed by atoms with Gasteiger partial charge in [0, 0.05) is 0 Å². The van der Waals surface area contributed by atoms with Gasteiger partial charge in [-0.1, -0.05) is 0 Å². The van der Waals surface area contributed by atoms with E-state index in [1.165, 1.54) is 16.7 Å². The van der Waals surface area contributed by atoms with Crippen LogP contribution in [-0.4, -0.2) is 3.21 Å². The number of fused-ring (bicyclic) bond motifs is 4. The number of allylic oxidation sites excluding steroid dienone is 1. The third-order valence-electron chi connectivity index (χ3n) is 6.18. The molecule has 0 saturated heterocycles. The van der Waals surface area contributed by atoms with E-state index >= 15 is 0 Å². The summed E-state index contributed by atoms with van der Waals surface area (Å²) in [4.78, 5) is 0. The van der Waals surface area contributed by atoms with Crippen molar-refractivity contribution in [1.82, 2.24) is 0 Å². The van der Waals surface area contributed by atoms with Gasteiger partial charge in [0.25, 0.3) is 0 Å². The van der Waals surface area contributed by atoms with Crippen LogP contribution in [0.4, 0.5) is 0 Å². The molecule has 29 heavy (non-hydrogen) atoms. The zero-order chi connectivity index (χ0) is 18.5. The molecule has 5 rings (SSSR count). The minimum Gasteiger partial charge on any atom is -0.147 e. The smallest absolute Gasteiger partial charge is 0.147 e. The molecule has 3 heteroatoms. The second kappa shape index (κ2) is 8.85. The van der Waals surface area contributed by atoms with E-state index in [1.54, 1.807) is 25.5 Å². The number of hydrogen-bond acceptors (Lipinski definition) is 0. The fourth-order valence-corrected chi connectivity index (χ4v) is 14.5. The van der Waals surface area contributed by atoms with Crippen LogP contribution in [0, 0.1) is 0 Å². The molecule has 0 amide bonds. The van der Waals surface area contributed by atoms with Crippen molar-refractivity contribution in [2.24, 2.45) is 0 Å². The van der Waals surface area contributed by atoms with Crippen molar-refractivity contribution in [2.45, 2.75) is 28.0 Å². The largest absolute Gasteiger partial charge is 0.147 e. The summed E-state index contributed by atoms with van der Waals surface area (Å²) < 4.78 is 2.98. The third kappa shape index (κ3) is 3.56. The van der Waals surface area contributed by atoms with Gasteiger partial charge in [-0.05, 0) is 0 Å². The zero-order valence-electron chi connectivity index (χ0n) is 17.0. The molecule has 2 aliphatic rings. The molecule has 0 aliphatic heterocycles. The molecule has 0 radical (unpaired) electrons. The van der Waals surface area contributed by atoms with Crippen molar-refractivity contribution in [3.8, 4) is 11.1 Å². The molecule has 3 aromatic rings. The Bertz CT molecular complexity index is 1080. The summed E-state index contributed by atoms with van der Waals surface area (Å²) in [6.07, 6.45) is 2.44. The number of rotatable bonds is 2. The summed E-state index contributed by atoms with van der Waals surface area (Å²) in [5, 5.41) is 0. The first-order valence-corrected chi connectivity index (χ1v) is 13.9. The first-order valence-electron chi connectivity index (χ1n) is 9.79. The van der Waals surface area contributed by atoms with Crippen molar-refractivity contribution in [2.75, 3.05) is 0 Å². The van der Waals surface area contributed by atoms with E-state index in [2.05, 4.69) is 99.6 Å². The van der Waals surface area contributed by atoms with Crippen molar-refractivity contribution < 1.29 is 21.3 Å². The fourth-order valence-electron chi connectivity index (χ4n) is 5.13. The fraction of sp³-hybridized carbons (Fsp3) is 0.192. The van der Waals surface area contributed by atoms with Crippen LogP contribution in [-0.2, 0) is 21.3 Å². The Morgan fingerprint density at radius 3 is 1.69 bits per heavy atom. The van der Waals surface area contributed by atoms with Gasteiger partial charge < -0.3 is 0 Å². The maximum Gasteiger partial charge on any atom is -0.147 e. The number of hydrogen-bond donors (Lipinski definition) is 0. The van der Waals surface area contributed by atoms with Gasteiger partial charge in [0.2, 0.25) is 0 Å². The van der Waals surface area contributed by atoms with Crippen LogP contribution in [0.2, 0.25) is 0 Å². The Balaban J connectivity index is 0.00000120. The van der Waals surface area contributed by atoms with Gasteiger partial charge in [-0.2, -0.15) is 0 Å². The van der Waals surface area contributed by atoms with Crippen LogP contribution in [0.5, 0.6) is 0 Å². The Morgan fingerprint density at radius 1 is 0.655 bits per heavy atom. The van der Waals surface area contributed by atoms with E-state index in [1.807, 2.05) is 0 Å². The van der Waals surface area contributed by atoms with Crippen molar-refractivity contribution in [3.05, 3.63) is 101 Å². The van der Waals surface area contributed by atoms with Crippen LogP contribution in [0.25, 0.3) is 17.2 Å². The predicted octanol–water partition coefficient (Wildman–Crippen LogP) is 7.59. The van der Waals surface area contributed by atoms with Crippen molar-refractivity contribution in [3.63, 3.8) is 0 Å². The van der Waals surface area contributed by atoms with Gasteiger partial charge in [0.1, 0.15) is 0 Å². The van der Waals surface area contributed by atoms with E-state index in [-0.39, 0.29) is 24.8 Å². The van der Waals surface area contributed by atoms with E-state index in [0.717, 1.165) is 0 Å². The molecule has 3 aromatic carbocycles. The Morgan fingerprint density at radius 2 is 1.14 bits per heavy atom. The molecule has 0 N–H and O–H groups in total. The zero-order valence-corrected chi connectivity index (χ0v) is 21.1. The average Bonchev–Trinajstić information content (AvgIpc) is 3.18. The SMILES string of the molecule is CC1=Cc2ccccc2[CH]1[Zr](=[C](C)C)[CH]1c2ccccc2-c2ccccc21.Cl.Cl. The summed E-state index contributed by atoms with van der Waals surface area (Å²) in [6, 6.07) is 27.4. The second-order valence-corrected chi connectivity index (χ2v) is 15.5. The molecule has 0 nitrogen and oxygen atoms in total. The molecule has 0 aromatic heterocycles. The molecule has 1 atom stereocenters. The Kier molecular flexibility index (Phi) is 6.84. The van der Waals surface area contributed by atoms with Gasteiger partial charge in [-0.3, -0.25) is 0 Å². The molecule has 148 valence electrons. The molecule has 0 saturated carbocycles. The molecule has 1 unspecified atom stereocenters. The van der Waals surface area contributed by atoms with E-state index in [4.69, 9.17) is 0 Å². The normalized spacial score (nSPS) is 16.0. The minimum absolute atomic E-state index is 0. The average molecular weight is 501 g/mol. The van der Waals surface area contributed by atoms with Gasteiger partial charge in [-0.25, -0.2) is 0 Å². The molecule has 0 heterocycles. The predicted molar refractivity (Wildman–Crippen MR) is 127 cm³/mol. The van der Waals surface area contributed by atoms with Gasteiger partial charge >= 0.3 is 170 Å². The monoisotopic (exact) mass is 498 g/mol. The summed E-state index contributed by atoms with van der Waals surface area (Å²) in [5.41, 5.74) is 10.7. The Labute approximate surface area is 194 Å². The van der Waals surface area contributed by atoms with Crippen LogP contribution in [0.15, 0.2) is 78.4 Å². The second-order valence-electron chi connectivity index (χ2n) is 8.01. The number of benzene rings is 3. The quantitative estimate of drug-likeness (QED) is 0.340. The van der Waals surface area contributed by atoms with E-state index in [9.17, 15) is 0 Å². The summed E-state index contributed by atoms with van der Waals surface area (Å²) in [5.74, 6) is 0. The topological polar surface area (TPSA) is 0 Å². The van der Waals surface area contributed by atoms with Gasteiger partial charge in [0.05, 0.1) is 0 Å². The maximum absolute atomic E-state index is 2.44. The summed E-state index contributed by atoms with van der Waals surface area (Å²) in [7, 11) is 0. The van der Waals surface area contributed by atoms with Crippen LogP contribution in [0.3, 0.4) is 0 Å². The summed E-state index contributed by atoms with van der Waals surface area (Å²) >= 11 is -2.08. The van der Waals surface area contributed by atoms with Crippen molar-refractivity contribution >= 4 is 34.1 Å². The standard InChI is InChI=1S/C13H9.C10H9.C3H6.2ClH.Zr/c1-3-7-12-10(5-1)9-11-6-2-4-8-13(11)12;1-8-6-9-4-2-3-5-10(9)7-8;1-3-2;;;/h1-9H;2-7H,1H3;1-2H3;2*1H;. The van der Waals surface area contributed by atoms with Gasteiger partial charge in [-0.15, -0.1) is 24.8 Å². The van der Waals surface area contributed by atoms with Crippen LogP contribution >= 0.6 is 24.8 Å². The minimum atomic E-state index is -2.08.